The average molecular weight is 410 g/mol. The smallest absolute Gasteiger partial charge is 0.431 e. The fraction of sp³-hybridized carbons (Fsp3) is 0.550. The van der Waals surface area contributed by atoms with Crippen molar-refractivity contribution in [2.75, 3.05) is 0 Å². The van der Waals surface area contributed by atoms with E-state index in [0.29, 0.717) is 12.8 Å². The molecule has 1 saturated carbocycles. The maximum absolute atomic E-state index is 13.6. The highest BCUT2D eigenvalue weighted by atomic mass is 19.2. The summed E-state index contributed by atoms with van der Waals surface area (Å²) < 4.78 is 32.5. The zero-order valence-electron chi connectivity index (χ0n) is 16.4. The zero-order valence-corrected chi connectivity index (χ0v) is 16.4. The molecule has 7 nitrogen and oxygen atoms in total. The second-order valence-electron chi connectivity index (χ2n) is 8.25. The Morgan fingerprint density at radius 3 is 2.41 bits per heavy atom. The van der Waals surface area contributed by atoms with Crippen LogP contribution in [0, 0.1) is 17.0 Å². The van der Waals surface area contributed by atoms with Crippen molar-refractivity contribution in [2.45, 2.75) is 64.6 Å². The fourth-order valence-corrected chi connectivity index (χ4v) is 3.96. The van der Waals surface area contributed by atoms with E-state index in [9.17, 15) is 28.3 Å². The Labute approximate surface area is 167 Å². The fourth-order valence-electron chi connectivity index (χ4n) is 3.96. The number of amides is 2. The largest absolute Gasteiger partial charge is 0.481 e. The highest BCUT2D eigenvalue weighted by Crippen LogP contribution is 2.43. The van der Waals surface area contributed by atoms with Crippen molar-refractivity contribution in [2.24, 2.45) is 5.41 Å². The number of hydrogen-bond acceptors (Lipinski definition) is 4. The summed E-state index contributed by atoms with van der Waals surface area (Å²) in [4.78, 5) is 37.3. The van der Waals surface area contributed by atoms with Gasteiger partial charge >= 0.3 is 12.1 Å². The third kappa shape index (κ3) is 4.04. The number of ether oxygens (including phenoxy) is 1. The van der Waals surface area contributed by atoms with Crippen molar-refractivity contribution in [3.8, 4) is 0 Å². The Morgan fingerprint density at radius 2 is 1.83 bits per heavy atom. The van der Waals surface area contributed by atoms with Gasteiger partial charge in [0.05, 0.1) is 18.4 Å². The molecule has 158 valence electrons. The topological polar surface area (TPSA) is 87.2 Å². The molecule has 0 radical (unpaired) electrons. The number of carboxylic acids is 1. The van der Waals surface area contributed by atoms with Crippen LogP contribution in [0.5, 0.6) is 0 Å². The summed E-state index contributed by atoms with van der Waals surface area (Å²) in [7, 11) is 0. The minimum atomic E-state index is -1.30. The van der Waals surface area contributed by atoms with Crippen molar-refractivity contribution in [3.05, 3.63) is 35.4 Å². The molecule has 9 heteroatoms. The van der Waals surface area contributed by atoms with E-state index in [-0.39, 0.29) is 12.1 Å². The number of carboxylic acid groups (broad SMARTS) is 1. The first-order chi connectivity index (χ1) is 13.6. The number of aliphatic carboxylic acids is 1. The van der Waals surface area contributed by atoms with Crippen LogP contribution >= 0.6 is 0 Å². The van der Waals surface area contributed by atoms with Crippen LogP contribution in [-0.4, -0.2) is 38.8 Å². The van der Waals surface area contributed by atoms with E-state index in [1.807, 2.05) is 0 Å². The number of nitrogens with zero attached hydrogens (tertiary/aromatic N) is 2. The first kappa shape index (κ1) is 21.0. The monoisotopic (exact) mass is 410 g/mol. The maximum Gasteiger partial charge on any atom is 0.431 e. The zero-order chi connectivity index (χ0) is 21.4. The second kappa shape index (κ2) is 7.61. The lowest BCUT2D eigenvalue weighted by Gasteiger charge is -2.42. The van der Waals surface area contributed by atoms with Crippen molar-refractivity contribution in [1.29, 1.82) is 0 Å². The summed E-state index contributed by atoms with van der Waals surface area (Å²) >= 11 is 0. The summed E-state index contributed by atoms with van der Waals surface area (Å²) in [5.74, 6) is -3.78. The summed E-state index contributed by atoms with van der Waals surface area (Å²) in [5.41, 5.74) is -2.19. The van der Waals surface area contributed by atoms with Crippen LogP contribution in [0.1, 0.15) is 57.9 Å². The number of hydrazine groups is 1. The van der Waals surface area contributed by atoms with E-state index >= 15 is 0 Å². The predicted octanol–water partition coefficient (Wildman–Crippen LogP) is 3.82. The number of carbonyl (C=O) groups is 3. The molecule has 1 aliphatic heterocycles. The number of halogens is 2. The quantitative estimate of drug-likeness (QED) is 0.797. The molecule has 0 bridgehead atoms. The van der Waals surface area contributed by atoms with Gasteiger partial charge in [-0.25, -0.2) is 23.6 Å². The van der Waals surface area contributed by atoms with Gasteiger partial charge in [-0.15, -0.1) is 0 Å². The summed E-state index contributed by atoms with van der Waals surface area (Å²) in [5, 5.41) is 11.5. The van der Waals surface area contributed by atoms with Crippen molar-refractivity contribution < 1.29 is 33.0 Å². The van der Waals surface area contributed by atoms with E-state index in [4.69, 9.17) is 4.74 Å². The molecule has 0 unspecified atom stereocenters. The Hall–Kier alpha value is -2.71. The molecular weight excluding hydrogens is 386 g/mol. The lowest BCUT2D eigenvalue weighted by Crippen LogP contribution is -2.58. The van der Waals surface area contributed by atoms with Gasteiger partial charge in [-0.05, 0) is 30.5 Å². The Kier molecular flexibility index (Phi) is 5.51. The van der Waals surface area contributed by atoms with Crippen LogP contribution in [0.3, 0.4) is 0 Å². The van der Waals surface area contributed by atoms with Crippen molar-refractivity contribution >= 4 is 18.0 Å². The van der Waals surface area contributed by atoms with Gasteiger partial charge in [0.15, 0.2) is 11.6 Å². The molecule has 29 heavy (non-hydrogen) atoms. The molecule has 2 aliphatic rings. The molecule has 1 spiro atoms. The molecular formula is C20H24F2N2O5. The summed E-state index contributed by atoms with van der Waals surface area (Å²) in [6.45, 7) is 2.80. The molecule has 1 heterocycles. The average Bonchev–Trinajstić information content (AvgIpc) is 2.88. The highest BCUT2D eigenvalue weighted by molar-refractivity contribution is 5.89. The normalized spacial score (nSPS) is 18.8. The third-order valence-corrected chi connectivity index (χ3v) is 5.43. The second-order valence-corrected chi connectivity index (χ2v) is 8.25. The van der Waals surface area contributed by atoms with Crippen molar-refractivity contribution in [1.82, 2.24) is 10.0 Å². The SMILES string of the molecule is CC(C)(CC(=O)O)C(=O)N1N(Cc2ccc(F)c(F)c2)C(=O)OC12CCCCC2. The number of benzene rings is 1. The minimum absolute atomic E-state index is 0.202. The Morgan fingerprint density at radius 1 is 1.17 bits per heavy atom. The first-order valence-corrected chi connectivity index (χ1v) is 9.57. The van der Waals surface area contributed by atoms with Crippen LogP contribution in [0.2, 0.25) is 0 Å². The maximum atomic E-state index is 13.6. The van der Waals surface area contributed by atoms with Gasteiger partial charge in [-0.2, -0.15) is 0 Å². The molecule has 2 amide bonds. The molecule has 0 atom stereocenters. The number of hydrogen-bond donors (Lipinski definition) is 1. The lowest BCUT2D eigenvalue weighted by atomic mass is 9.85. The van der Waals surface area contributed by atoms with Gasteiger partial charge in [0.1, 0.15) is 0 Å². The van der Waals surface area contributed by atoms with E-state index in [0.717, 1.165) is 36.4 Å². The minimum Gasteiger partial charge on any atom is -0.481 e. The molecule has 0 aromatic heterocycles. The number of rotatable bonds is 5. The summed E-state index contributed by atoms with van der Waals surface area (Å²) in [6, 6.07) is 3.23. The molecule has 1 saturated heterocycles. The van der Waals surface area contributed by atoms with Crippen LogP contribution in [-0.2, 0) is 20.9 Å². The van der Waals surface area contributed by atoms with Crippen LogP contribution in [0.15, 0.2) is 18.2 Å². The molecule has 2 fully saturated rings. The van der Waals surface area contributed by atoms with Crippen molar-refractivity contribution in [3.63, 3.8) is 0 Å². The van der Waals surface area contributed by atoms with Gasteiger partial charge < -0.3 is 9.84 Å². The first-order valence-electron chi connectivity index (χ1n) is 9.57. The highest BCUT2D eigenvalue weighted by Gasteiger charge is 2.57. The van der Waals surface area contributed by atoms with Crippen LogP contribution in [0.25, 0.3) is 0 Å². The molecule has 1 N–H and O–H groups in total. The Bertz CT molecular complexity index is 836. The molecule has 3 rings (SSSR count). The van der Waals surface area contributed by atoms with E-state index < -0.39 is 47.2 Å². The van der Waals surface area contributed by atoms with Crippen LogP contribution in [0.4, 0.5) is 13.6 Å². The molecule has 1 aromatic carbocycles. The van der Waals surface area contributed by atoms with Gasteiger partial charge in [0, 0.05) is 12.8 Å². The van der Waals surface area contributed by atoms with E-state index in [1.165, 1.54) is 24.9 Å². The number of carbonyl (C=O) groups excluding carboxylic acids is 2. The standard InChI is InChI=1S/C20H24F2N2O5/c1-19(2,11-16(25)26)17(27)24-20(8-4-3-5-9-20)29-18(28)23(24)12-13-6-7-14(21)15(22)10-13/h6-7,10H,3-5,8-9,11-12H2,1-2H3,(H,25,26). The third-order valence-electron chi connectivity index (χ3n) is 5.43. The van der Waals surface area contributed by atoms with Gasteiger partial charge in [0.25, 0.3) is 5.91 Å². The lowest BCUT2D eigenvalue weighted by molar-refractivity contribution is -0.184. The molecule has 1 aromatic rings. The summed E-state index contributed by atoms with van der Waals surface area (Å²) in [6.07, 6.45) is 2.10. The van der Waals surface area contributed by atoms with Gasteiger partial charge in [-0.3, -0.25) is 9.59 Å². The predicted molar refractivity (Wildman–Crippen MR) is 97.1 cm³/mol. The van der Waals surface area contributed by atoms with Gasteiger partial charge in [0.2, 0.25) is 5.72 Å². The van der Waals surface area contributed by atoms with Gasteiger partial charge in [-0.1, -0.05) is 26.3 Å². The van der Waals surface area contributed by atoms with E-state index in [2.05, 4.69) is 0 Å². The van der Waals surface area contributed by atoms with E-state index in [1.54, 1.807) is 0 Å². The van der Waals surface area contributed by atoms with Crippen LogP contribution < -0.4 is 0 Å². The Balaban J connectivity index is 1.98. The molecule has 1 aliphatic carbocycles.